The van der Waals surface area contributed by atoms with Crippen LogP contribution in [0.2, 0.25) is 0 Å². The summed E-state index contributed by atoms with van der Waals surface area (Å²) in [5.41, 5.74) is 4.57. The molecule has 232 valence electrons. The number of nitrogens with one attached hydrogen (secondary N) is 1. The number of nitrogens with zero attached hydrogens (tertiary/aromatic N) is 7. The molecular formula is C33H41ClN8O2. The summed E-state index contributed by atoms with van der Waals surface area (Å²) >= 11 is 5.80. The molecule has 10 nitrogen and oxygen atoms in total. The van der Waals surface area contributed by atoms with E-state index in [1.54, 1.807) is 4.90 Å². The van der Waals surface area contributed by atoms with Crippen LogP contribution in [0.4, 0.5) is 16.3 Å². The van der Waals surface area contributed by atoms with Gasteiger partial charge in [-0.05, 0) is 56.8 Å². The summed E-state index contributed by atoms with van der Waals surface area (Å²) in [6.45, 7) is 7.29. The van der Waals surface area contributed by atoms with Gasteiger partial charge in [-0.15, -0.1) is 11.6 Å². The summed E-state index contributed by atoms with van der Waals surface area (Å²) < 4.78 is 6.32. The van der Waals surface area contributed by atoms with E-state index >= 15 is 0 Å². The molecule has 0 spiro atoms. The Morgan fingerprint density at radius 3 is 2.73 bits per heavy atom. The second-order valence-electron chi connectivity index (χ2n) is 12.0. The summed E-state index contributed by atoms with van der Waals surface area (Å²) in [6.07, 6.45) is 3.30. The van der Waals surface area contributed by atoms with Crippen molar-refractivity contribution < 1.29 is 9.53 Å². The average Bonchev–Trinajstić information content (AvgIpc) is 3.46. The second-order valence-corrected chi connectivity index (χ2v) is 12.4. The van der Waals surface area contributed by atoms with Crippen molar-refractivity contribution in [2.24, 2.45) is 0 Å². The number of carbonyl (C=O) groups excluding carboxylic acids is 1. The van der Waals surface area contributed by atoms with Crippen LogP contribution in [-0.2, 0) is 13.0 Å². The third kappa shape index (κ3) is 6.21. The number of likely N-dealkylation sites (tertiary alicyclic amines) is 1. The van der Waals surface area contributed by atoms with E-state index in [1.165, 1.54) is 28.4 Å². The summed E-state index contributed by atoms with van der Waals surface area (Å²) in [7, 11) is 2.14. The number of hydrogen-bond acceptors (Lipinski definition) is 8. The molecule has 11 heteroatoms. The third-order valence-electron chi connectivity index (χ3n) is 9.27. The number of aryl methyl sites for hydroxylation is 1. The molecule has 4 heterocycles. The zero-order valence-corrected chi connectivity index (χ0v) is 26.4. The number of ether oxygens (including phenoxy) is 1. The van der Waals surface area contributed by atoms with Gasteiger partial charge >= 0.3 is 12.0 Å². The van der Waals surface area contributed by atoms with Crippen LogP contribution < -0.4 is 19.9 Å². The van der Waals surface area contributed by atoms with E-state index < -0.39 is 0 Å². The first-order valence-electron chi connectivity index (χ1n) is 15.6. The number of rotatable bonds is 8. The van der Waals surface area contributed by atoms with Crippen molar-refractivity contribution in [1.82, 2.24) is 25.1 Å². The van der Waals surface area contributed by atoms with Crippen LogP contribution in [0.25, 0.3) is 10.8 Å². The Kier molecular flexibility index (Phi) is 9.24. The van der Waals surface area contributed by atoms with Crippen molar-refractivity contribution in [2.45, 2.75) is 51.2 Å². The maximum atomic E-state index is 12.9. The highest BCUT2D eigenvalue weighted by Gasteiger charge is 2.34. The molecular weight excluding hydrogens is 576 g/mol. The van der Waals surface area contributed by atoms with Gasteiger partial charge in [-0.2, -0.15) is 15.2 Å². The van der Waals surface area contributed by atoms with Crippen LogP contribution in [0.5, 0.6) is 6.01 Å². The molecule has 44 heavy (non-hydrogen) atoms. The fraction of sp³-hybridized carbons (Fsp3) is 0.515. The van der Waals surface area contributed by atoms with Crippen molar-refractivity contribution in [3.05, 3.63) is 53.2 Å². The fourth-order valence-corrected chi connectivity index (χ4v) is 7.00. The van der Waals surface area contributed by atoms with Crippen LogP contribution in [0.3, 0.4) is 0 Å². The number of likely N-dealkylation sites (N-methyl/N-ethyl adjacent to an activating group) is 1. The summed E-state index contributed by atoms with van der Waals surface area (Å²) in [5, 5.41) is 15.0. The van der Waals surface area contributed by atoms with Gasteiger partial charge in [-0.3, -0.25) is 0 Å². The highest BCUT2D eigenvalue weighted by Crippen LogP contribution is 2.36. The average molecular weight is 617 g/mol. The van der Waals surface area contributed by atoms with Crippen molar-refractivity contribution in [3.8, 4) is 12.1 Å². The fourth-order valence-electron chi connectivity index (χ4n) is 6.90. The summed E-state index contributed by atoms with van der Waals surface area (Å²) in [4.78, 5) is 31.6. The molecule has 2 fully saturated rings. The number of hydrogen-bond donors (Lipinski definition) is 1. The Bertz CT molecular complexity index is 1540. The highest BCUT2D eigenvalue weighted by molar-refractivity contribution is 6.18. The number of urea groups is 1. The number of aromatic nitrogens is 2. The molecule has 1 aromatic heterocycles. The predicted molar refractivity (Wildman–Crippen MR) is 174 cm³/mol. The number of anilines is 2. The van der Waals surface area contributed by atoms with Gasteiger partial charge in [0.2, 0.25) is 0 Å². The van der Waals surface area contributed by atoms with Gasteiger partial charge in [0, 0.05) is 61.3 Å². The van der Waals surface area contributed by atoms with E-state index in [1.807, 2.05) is 0 Å². The number of fused-ring (bicyclic) bond motifs is 2. The minimum absolute atomic E-state index is 0.180. The minimum Gasteiger partial charge on any atom is -0.462 e. The van der Waals surface area contributed by atoms with Crippen LogP contribution in [-0.4, -0.2) is 96.7 Å². The molecule has 2 saturated heterocycles. The molecule has 0 radical (unpaired) electrons. The standard InChI is InChI=1S/C33H41ClN8O2/c1-23-6-3-7-24-8-4-10-29(30(23)24)40-17-12-27-28(21-40)37-32(44-22-26-9-5-16-39(26)2)38-31(27)41-18-19-42(25(20-41)11-14-35)33(43)36-15-13-34/h3-4,6-8,10,25-26H,5,9,11-13,15-22H2,1-2H3,(H,36,43)/t25-,26-/m0/s1. The van der Waals surface area contributed by atoms with Crippen molar-refractivity contribution in [1.29, 1.82) is 5.26 Å². The van der Waals surface area contributed by atoms with E-state index in [9.17, 15) is 10.1 Å². The Labute approximate surface area is 264 Å². The van der Waals surface area contributed by atoms with Gasteiger partial charge in [-0.25, -0.2) is 4.79 Å². The van der Waals surface area contributed by atoms with Gasteiger partial charge in [0.1, 0.15) is 12.4 Å². The highest BCUT2D eigenvalue weighted by atomic mass is 35.5. The van der Waals surface area contributed by atoms with Gasteiger partial charge in [0.15, 0.2) is 0 Å². The van der Waals surface area contributed by atoms with Crippen LogP contribution in [0.1, 0.15) is 36.1 Å². The van der Waals surface area contributed by atoms with E-state index in [4.69, 9.17) is 26.3 Å². The molecule has 2 aromatic carbocycles. The first-order valence-corrected chi connectivity index (χ1v) is 16.2. The maximum Gasteiger partial charge on any atom is 0.318 e. The molecule has 1 N–H and O–H groups in total. The van der Waals surface area contributed by atoms with Crippen molar-refractivity contribution in [2.75, 3.05) is 68.6 Å². The topological polar surface area (TPSA) is 101 Å². The smallest absolute Gasteiger partial charge is 0.318 e. The molecule has 3 aliphatic rings. The molecule has 0 aliphatic carbocycles. The lowest BCUT2D eigenvalue weighted by Crippen LogP contribution is -2.58. The molecule has 2 amide bonds. The molecule has 0 bridgehead atoms. The van der Waals surface area contributed by atoms with E-state index in [0.717, 1.165) is 43.0 Å². The van der Waals surface area contributed by atoms with Gasteiger partial charge in [0.05, 0.1) is 30.8 Å². The van der Waals surface area contributed by atoms with Crippen LogP contribution >= 0.6 is 11.6 Å². The van der Waals surface area contributed by atoms with Crippen LogP contribution in [0, 0.1) is 18.3 Å². The maximum absolute atomic E-state index is 12.9. The lowest BCUT2D eigenvalue weighted by atomic mass is 9.99. The normalized spacial score (nSPS) is 20.5. The monoisotopic (exact) mass is 616 g/mol. The van der Waals surface area contributed by atoms with Gasteiger partial charge < -0.3 is 29.7 Å². The third-order valence-corrected chi connectivity index (χ3v) is 9.46. The van der Waals surface area contributed by atoms with Gasteiger partial charge in [0.25, 0.3) is 0 Å². The number of amides is 2. The predicted octanol–water partition coefficient (Wildman–Crippen LogP) is 4.33. The van der Waals surface area contributed by atoms with Crippen molar-refractivity contribution in [3.63, 3.8) is 0 Å². The lowest BCUT2D eigenvalue weighted by Gasteiger charge is -2.42. The van der Waals surface area contributed by atoms with E-state index in [0.29, 0.717) is 57.3 Å². The summed E-state index contributed by atoms with van der Waals surface area (Å²) in [6, 6.07) is 15.5. The Morgan fingerprint density at radius 2 is 1.95 bits per heavy atom. The van der Waals surface area contributed by atoms with E-state index in [-0.39, 0.29) is 18.5 Å². The van der Waals surface area contributed by atoms with Gasteiger partial charge in [-0.1, -0.05) is 30.3 Å². The number of alkyl halides is 1. The number of benzene rings is 2. The Balaban J connectivity index is 1.31. The number of nitriles is 1. The first kappa shape index (κ1) is 30.2. The molecule has 0 unspecified atom stereocenters. The molecule has 2 atom stereocenters. The molecule has 0 saturated carbocycles. The van der Waals surface area contributed by atoms with Crippen LogP contribution in [0.15, 0.2) is 36.4 Å². The molecule has 3 aromatic rings. The molecule has 6 rings (SSSR count). The Morgan fingerprint density at radius 1 is 1.11 bits per heavy atom. The minimum atomic E-state index is -0.259. The zero-order chi connectivity index (χ0) is 30.6. The summed E-state index contributed by atoms with van der Waals surface area (Å²) in [5.74, 6) is 1.21. The lowest BCUT2D eigenvalue weighted by molar-refractivity contribution is 0.167. The number of piperazine rings is 1. The largest absolute Gasteiger partial charge is 0.462 e. The van der Waals surface area contributed by atoms with E-state index in [2.05, 4.69) is 76.5 Å². The Hall–Kier alpha value is -3.81. The second kappa shape index (κ2) is 13.4. The molecule has 3 aliphatic heterocycles. The number of carbonyl (C=O) groups is 1. The number of halogens is 1. The SMILES string of the molecule is Cc1cccc2cccc(N3CCc4c(nc(OC[C@@H]5CCCN5C)nc4N4CCN(C(=O)NCCCl)[C@@H](CC#N)C4)C3)c12. The quantitative estimate of drug-likeness (QED) is 0.374. The zero-order valence-electron chi connectivity index (χ0n) is 25.6. The first-order chi connectivity index (χ1) is 21.5. The van der Waals surface area contributed by atoms with Crippen molar-refractivity contribution >= 4 is 39.9 Å².